The van der Waals surface area contributed by atoms with Crippen molar-refractivity contribution < 1.29 is 19.4 Å². The zero-order chi connectivity index (χ0) is 14.9. The summed E-state index contributed by atoms with van der Waals surface area (Å²) in [7, 11) is 1.60. The topological polar surface area (TPSA) is 55.8 Å². The summed E-state index contributed by atoms with van der Waals surface area (Å²) in [5, 5.41) is 9.38. The Balaban J connectivity index is 1.80. The molecule has 21 heavy (non-hydrogen) atoms. The molecule has 0 atom stereocenters. The first-order valence-electron chi connectivity index (χ1n) is 7.32. The van der Waals surface area contributed by atoms with E-state index >= 15 is 0 Å². The van der Waals surface area contributed by atoms with Gasteiger partial charge in [0.25, 0.3) is 0 Å². The highest BCUT2D eigenvalue weighted by molar-refractivity contribution is 7.99. The van der Waals surface area contributed by atoms with Crippen molar-refractivity contribution in [3.63, 3.8) is 0 Å². The lowest BCUT2D eigenvalue weighted by molar-refractivity contribution is -0.140. The molecule has 2 aliphatic rings. The van der Waals surface area contributed by atoms with E-state index in [9.17, 15) is 9.90 Å². The van der Waals surface area contributed by atoms with Crippen LogP contribution in [0.25, 0.3) is 0 Å². The Morgan fingerprint density at radius 3 is 2.57 bits per heavy atom. The first-order chi connectivity index (χ1) is 10.2. The summed E-state index contributed by atoms with van der Waals surface area (Å²) < 4.78 is 11.4. The van der Waals surface area contributed by atoms with Crippen LogP contribution >= 0.6 is 11.8 Å². The quantitative estimate of drug-likeness (QED) is 0.906. The molecule has 0 bridgehead atoms. The molecule has 5 heteroatoms. The molecule has 0 aromatic heterocycles. The van der Waals surface area contributed by atoms with E-state index in [-0.39, 0.29) is 6.10 Å². The summed E-state index contributed by atoms with van der Waals surface area (Å²) in [5.41, 5.74) is 0.117. The first-order valence-corrected chi connectivity index (χ1v) is 8.47. The number of aliphatic carboxylic acids is 1. The largest absolute Gasteiger partial charge is 0.493 e. The van der Waals surface area contributed by atoms with Gasteiger partial charge in [-0.3, -0.25) is 4.79 Å². The van der Waals surface area contributed by atoms with Crippen molar-refractivity contribution in [2.24, 2.45) is 0 Å². The Morgan fingerprint density at radius 2 is 2.00 bits per heavy atom. The zero-order valence-electron chi connectivity index (χ0n) is 12.1. The van der Waals surface area contributed by atoms with E-state index < -0.39 is 11.4 Å². The smallest absolute Gasteiger partial charge is 0.314 e. The van der Waals surface area contributed by atoms with Gasteiger partial charge in [0.2, 0.25) is 0 Å². The molecule has 1 aromatic carbocycles. The van der Waals surface area contributed by atoms with Crippen molar-refractivity contribution in [1.29, 1.82) is 0 Å². The lowest BCUT2D eigenvalue weighted by Crippen LogP contribution is -2.23. The fourth-order valence-corrected chi connectivity index (χ4v) is 3.85. The first kappa shape index (κ1) is 14.6. The number of hydrogen-bond donors (Lipinski definition) is 1. The number of hydrogen-bond acceptors (Lipinski definition) is 4. The van der Waals surface area contributed by atoms with Crippen LogP contribution in [0.5, 0.6) is 11.5 Å². The van der Waals surface area contributed by atoms with Gasteiger partial charge in [-0.25, -0.2) is 0 Å². The minimum absolute atomic E-state index is 0.236. The van der Waals surface area contributed by atoms with Gasteiger partial charge >= 0.3 is 5.97 Å². The van der Waals surface area contributed by atoms with Crippen LogP contribution < -0.4 is 9.47 Å². The Kier molecular flexibility index (Phi) is 4.02. The van der Waals surface area contributed by atoms with E-state index in [0.29, 0.717) is 18.6 Å². The van der Waals surface area contributed by atoms with Crippen LogP contribution in [-0.4, -0.2) is 35.8 Å². The van der Waals surface area contributed by atoms with Gasteiger partial charge in [-0.2, -0.15) is 11.8 Å². The number of carboxylic acid groups (broad SMARTS) is 1. The summed E-state index contributed by atoms with van der Waals surface area (Å²) in [6.45, 7) is 0. The van der Waals surface area contributed by atoms with E-state index in [4.69, 9.17) is 9.47 Å². The number of methoxy groups -OCH3 is 1. The molecule has 4 nitrogen and oxygen atoms in total. The number of carbonyl (C=O) groups is 1. The Bertz CT molecular complexity index is 533. The van der Waals surface area contributed by atoms with Crippen LogP contribution in [0.3, 0.4) is 0 Å². The summed E-state index contributed by atoms with van der Waals surface area (Å²) in [6, 6.07) is 5.56. The average molecular weight is 308 g/mol. The van der Waals surface area contributed by atoms with Crippen LogP contribution in [0.1, 0.15) is 31.2 Å². The molecule has 0 radical (unpaired) electrons. The fourth-order valence-electron chi connectivity index (χ4n) is 2.79. The van der Waals surface area contributed by atoms with E-state index in [0.717, 1.165) is 35.7 Å². The molecule has 0 spiro atoms. The predicted molar refractivity (Wildman–Crippen MR) is 82.5 cm³/mol. The maximum absolute atomic E-state index is 11.4. The highest BCUT2D eigenvalue weighted by atomic mass is 32.2. The molecule has 0 amide bonds. The van der Waals surface area contributed by atoms with Crippen LogP contribution in [0.2, 0.25) is 0 Å². The van der Waals surface area contributed by atoms with Gasteiger partial charge in [0.05, 0.1) is 12.5 Å². The molecule has 1 N–H and O–H groups in total. The van der Waals surface area contributed by atoms with Gasteiger partial charge in [0, 0.05) is 0 Å². The molecule has 1 aliphatic heterocycles. The zero-order valence-corrected chi connectivity index (χ0v) is 12.9. The van der Waals surface area contributed by atoms with Gasteiger partial charge < -0.3 is 14.6 Å². The Morgan fingerprint density at radius 1 is 1.29 bits per heavy atom. The third kappa shape index (κ3) is 2.84. The second-order valence-corrected chi connectivity index (χ2v) is 6.91. The molecule has 1 heterocycles. The molecule has 114 valence electrons. The molecule has 1 aliphatic carbocycles. The van der Waals surface area contributed by atoms with E-state index in [1.807, 2.05) is 30.0 Å². The van der Waals surface area contributed by atoms with Crippen LogP contribution in [0.4, 0.5) is 0 Å². The maximum atomic E-state index is 11.4. The van der Waals surface area contributed by atoms with Gasteiger partial charge in [0.1, 0.15) is 6.10 Å². The molecular weight excluding hydrogens is 288 g/mol. The van der Waals surface area contributed by atoms with Gasteiger partial charge in [0.15, 0.2) is 11.5 Å². The maximum Gasteiger partial charge on any atom is 0.314 e. The van der Waals surface area contributed by atoms with Crippen LogP contribution in [0.15, 0.2) is 18.2 Å². The number of carboxylic acids is 1. The van der Waals surface area contributed by atoms with Crippen LogP contribution in [0, 0.1) is 0 Å². The van der Waals surface area contributed by atoms with Crippen molar-refractivity contribution in [2.45, 2.75) is 37.2 Å². The SMILES string of the molecule is COc1cc(C2(C(=O)O)CC2)ccc1OC1CCSCC1. The lowest BCUT2D eigenvalue weighted by Gasteiger charge is -2.24. The van der Waals surface area contributed by atoms with Gasteiger partial charge in [-0.1, -0.05) is 6.07 Å². The normalized spacial score (nSPS) is 20.8. The number of ether oxygens (including phenoxy) is 2. The summed E-state index contributed by atoms with van der Waals surface area (Å²) in [5.74, 6) is 2.88. The molecule has 0 unspecified atom stereocenters. The molecule has 1 aromatic rings. The van der Waals surface area contributed by atoms with Crippen molar-refractivity contribution >= 4 is 17.7 Å². The fraction of sp³-hybridized carbons (Fsp3) is 0.562. The molecular formula is C16H20O4S. The highest BCUT2D eigenvalue weighted by Gasteiger charge is 2.52. The third-order valence-corrected chi connectivity index (χ3v) is 5.39. The molecule has 1 saturated heterocycles. The van der Waals surface area contributed by atoms with Crippen molar-refractivity contribution in [3.8, 4) is 11.5 Å². The minimum atomic E-state index is -0.748. The standard InChI is InChI=1S/C16H20O4S/c1-19-14-10-11(16(6-7-16)15(17)18)2-3-13(14)20-12-4-8-21-9-5-12/h2-3,10,12H,4-9H2,1H3,(H,17,18). The van der Waals surface area contributed by atoms with E-state index in [2.05, 4.69) is 0 Å². The third-order valence-electron chi connectivity index (χ3n) is 4.34. The van der Waals surface area contributed by atoms with Gasteiger partial charge in [-0.05, 0) is 54.9 Å². The Hall–Kier alpha value is -1.36. The van der Waals surface area contributed by atoms with E-state index in [1.54, 1.807) is 7.11 Å². The minimum Gasteiger partial charge on any atom is -0.493 e. The predicted octanol–water partition coefficient (Wildman–Crippen LogP) is 3.09. The van der Waals surface area contributed by atoms with Crippen molar-refractivity contribution in [2.75, 3.05) is 18.6 Å². The molecule has 2 fully saturated rings. The van der Waals surface area contributed by atoms with Crippen molar-refractivity contribution in [3.05, 3.63) is 23.8 Å². The van der Waals surface area contributed by atoms with Crippen molar-refractivity contribution in [1.82, 2.24) is 0 Å². The highest BCUT2D eigenvalue weighted by Crippen LogP contribution is 2.50. The van der Waals surface area contributed by atoms with Gasteiger partial charge in [-0.15, -0.1) is 0 Å². The monoisotopic (exact) mass is 308 g/mol. The molecule has 1 saturated carbocycles. The van der Waals surface area contributed by atoms with E-state index in [1.165, 1.54) is 0 Å². The second-order valence-electron chi connectivity index (χ2n) is 5.68. The second kappa shape index (κ2) is 5.79. The summed E-state index contributed by atoms with van der Waals surface area (Å²) >= 11 is 1.96. The number of thioether (sulfide) groups is 1. The Labute approximate surface area is 128 Å². The summed E-state index contributed by atoms with van der Waals surface area (Å²) in [4.78, 5) is 11.4. The van der Waals surface area contributed by atoms with Crippen LogP contribution in [-0.2, 0) is 10.2 Å². The number of benzene rings is 1. The molecule has 3 rings (SSSR count). The summed E-state index contributed by atoms with van der Waals surface area (Å²) in [6.07, 6.45) is 3.74. The number of rotatable bonds is 5. The average Bonchev–Trinajstić information content (AvgIpc) is 3.30. The lowest BCUT2D eigenvalue weighted by atomic mass is 9.96.